The number of hydrogen-bond acceptors (Lipinski definition) is 7. The molecule has 0 bridgehead atoms. The van der Waals surface area contributed by atoms with Gasteiger partial charge in [0, 0.05) is 12.1 Å². The number of amides is 1. The van der Waals surface area contributed by atoms with Crippen LogP contribution in [0.25, 0.3) is 10.4 Å². The number of benzene rings is 1. The number of aryl methyl sites for hydroxylation is 1. The molecule has 0 saturated heterocycles. The standard InChI is InChI=1S/C20H28N6O5S2/c1-3-4-10-33(30,31)26-15(18(28)29)8-9-23-17(27)14-7-5-6-13(11-14)16-12(2)24-20(32-16)25-19(21)22/h5-7,11,15,26H,3-4,8-10H2,1-2H3,(H,23,27)(H,28,29)(H4,21,22,24,25). The molecular formula is C20H28N6O5S2. The van der Waals surface area contributed by atoms with Crippen molar-refractivity contribution in [3.8, 4) is 10.4 Å². The second-order valence-corrected chi connectivity index (χ2v) is 10.2. The van der Waals surface area contributed by atoms with Crippen molar-refractivity contribution in [3.63, 3.8) is 0 Å². The Bertz CT molecular complexity index is 1120. The van der Waals surface area contributed by atoms with Crippen molar-refractivity contribution >= 4 is 44.3 Å². The van der Waals surface area contributed by atoms with E-state index in [0.717, 1.165) is 10.4 Å². The van der Waals surface area contributed by atoms with Gasteiger partial charge in [-0.1, -0.05) is 36.8 Å². The number of rotatable bonds is 12. The summed E-state index contributed by atoms with van der Waals surface area (Å²) in [6.45, 7) is 3.62. The Hall–Kier alpha value is -3.03. The van der Waals surface area contributed by atoms with E-state index in [1.165, 1.54) is 11.3 Å². The number of thiazole rings is 1. The number of guanidine groups is 1. The number of anilines is 1. The highest BCUT2D eigenvalue weighted by Crippen LogP contribution is 2.33. The lowest BCUT2D eigenvalue weighted by atomic mass is 10.1. The fourth-order valence-electron chi connectivity index (χ4n) is 2.91. The van der Waals surface area contributed by atoms with E-state index in [2.05, 4.69) is 20.3 Å². The van der Waals surface area contributed by atoms with Crippen LogP contribution in [0.3, 0.4) is 0 Å². The van der Waals surface area contributed by atoms with E-state index in [-0.39, 0.29) is 24.7 Å². The highest BCUT2D eigenvalue weighted by Gasteiger charge is 2.23. The van der Waals surface area contributed by atoms with Crippen LogP contribution in [0.4, 0.5) is 5.13 Å². The quantitative estimate of drug-likeness (QED) is 0.189. The maximum Gasteiger partial charge on any atom is 0.321 e. The number of unbranched alkanes of at least 4 members (excludes halogenated alkanes) is 1. The summed E-state index contributed by atoms with van der Waals surface area (Å²) < 4.78 is 26.2. The first-order chi connectivity index (χ1) is 15.5. The Morgan fingerprint density at radius 3 is 2.70 bits per heavy atom. The third-order valence-corrected chi connectivity index (χ3v) is 7.12. The zero-order chi connectivity index (χ0) is 24.6. The van der Waals surface area contributed by atoms with Crippen molar-refractivity contribution in [3.05, 3.63) is 35.5 Å². The maximum atomic E-state index is 12.6. The number of carboxylic acid groups (broad SMARTS) is 1. The monoisotopic (exact) mass is 496 g/mol. The third-order valence-electron chi connectivity index (χ3n) is 4.53. The first-order valence-electron chi connectivity index (χ1n) is 10.2. The molecule has 1 heterocycles. The SMILES string of the molecule is CCCCS(=O)(=O)NC(CCNC(=O)c1cccc(-c2sc(NC(=N)N)nc2C)c1)C(=O)O. The molecule has 0 aliphatic carbocycles. The molecule has 11 nitrogen and oxygen atoms in total. The first-order valence-corrected chi connectivity index (χ1v) is 12.7. The van der Waals surface area contributed by atoms with Crippen LogP contribution in [0, 0.1) is 12.3 Å². The van der Waals surface area contributed by atoms with Crippen LogP contribution in [0.15, 0.2) is 24.3 Å². The summed E-state index contributed by atoms with van der Waals surface area (Å²) in [5.74, 6) is -2.09. The second kappa shape index (κ2) is 11.7. The third kappa shape index (κ3) is 8.11. The van der Waals surface area contributed by atoms with Crippen molar-refractivity contribution in [2.24, 2.45) is 5.73 Å². The number of carboxylic acids is 1. The molecule has 2 rings (SSSR count). The molecule has 0 aliphatic heterocycles. The number of sulfonamides is 1. The maximum absolute atomic E-state index is 12.6. The average Bonchev–Trinajstić information content (AvgIpc) is 3.10. The molecule has 0 radical (unpaired) electrons. The van der Waals surface area contributed by atoms with Crippen LogP contribution in [-0.4, -0.2) is 54.7 Å². The number of hydrogen-bond donors (Lipinski definition) is 6. The number of aliphatic carboxylic acids is 1. The summed E-state index contributed by atoms with van der Waals surface area (Å²) >= 11 is 1.29. The van der Waals surface area contributed by atoms with Gasteiger partial charge < -0.3 is 21.5 Å². The van der Waals surface area contributed by atoms with Gasteiger partial charge in [0.25, 0.3) is 5.91 Å². The van der Waals surface area contributed by atoms with Gasteiger partial charge in [0.05, 0.1) is 16.3 Å². The van der Waals surface area contributed by atoms with Gasteiger partial charge in [-0.05, 0) is 37.5 Å². The zero-order valence-electron chi connectivity index (χ0n) is 18.3. The normalized spacial score (nSPS) is 12.2. The zero-order valence-corrected chi connectivity index (χ0v) is 20.0. The molecule has 1 aromatic carbocycles. The van der Waals surface area contributed by atoms with Gasteiger partial charge in [0.2, 0.25) is 10.0 Å². The molecule has 1 amide bonds. The van der Waals surface area contributed by atoms with Gasteiger partial charge in [-0.2, -0.15) is 0 Å². The van der Waals surface area contributed by atoms with Crippen LogP contribution >= 0.6 is 11.3 Å². The topological polar surface area (TPSA) is 187 Å². The van der Waals surface area contributed by atoms with Gasteiger partial charge in [0.1, 0.15) is 6.04 Å². The molecule has 0 fully saturated rings. The summed E-state index contributed by atoms with van der Waals surface area (Å²) in [6.07, 6.45) is 1.00. The summed E-state index contributed by atoms with van der Waals surface area (Å²) in [5.41, 5.74) is 7.16. The Balaban J connectivity index is 2.02. The van der Waals surface area contributed by atoms with Gasteiger partial charge in [-0.3, -0.25) is 15.0 Å². The molecule has 1 atom stereocenters. The van der Waals surface area contributed by atoms with E-state index in [0.29, 0.717) is 29.2 Å². The number of aromatic nitrogens is 1. The second-order valence-electron chi connectivity index (χ2n) is 7.28. The molecule has 2 aromatic rings. The average molecular weight is 497 g/mol. The Labute approximate surface area is 196 Å². The van der Waals surface area contributed by atoms with E-state index < -0.39 is 27.9 Å². The van der Waals surface area contributed by atoms with Crippen LogP contribution in [0.1, 0.15) is 42.2 Å². The summed E-state index contributed by atoms with van der Waals surface area (Å²) in [7, 11) is -3.71. The van der Waals surface area contributed by atoms with Crippen molar-refractivity contribution in [1.82, 2.24) is 15.0 Å². The summed E-state index contributed by atoms with van der Waals surface area (Å²) in [4.78, 5) is 29.1. The van der Waals surface area contributed by atoms with Crippen molar-refractivity contribution in [2.45, 2.75) is 39.2 Å². The van der Waals surface area contributed by atoms with Crippen molar-refractivity contribution in [2.75, 3.05) is 17.6 Å². The summed E-state index contributed by atoms with van der Waals surface area (Å²) in [5, 5.41) is 22.4. The van der Waals surface area contributed by atoms with Gasteiger partial charge in [-0.25, -0.2) is 18.1 Å². The van der Waals surface area contributed by atoms with Crippen LogP contribution < -0.4 is 21.1 Å². The highest BCUT2D eigenvalue weighted by molar-refractivity contribution is 7.89. The smallest absolute Gasteiger partial charge is 0.321 e. The van der Waals surface area contributed by atoms with E-state index in [9.17, 15) is 23.1 Å². The summed E-state index contributed by atoms with van der Waals surface area (Å²) in [6, 6.07) is 5.50. The minimum Gasteiger partial charge on any atom is -0.480 e. The predicted molar refractivity (Wildman–Crippen MR) is 128 cm³/mol. The van der Waals surface area contributed by atoms with Gasteiger partial charge in [-0.15, -0.1) is 0 Å². The Morgan fingerprint density at radius 2 is 2.06 bits per heavy atom. The van der Waals surface area contributed by atoms with Crippen LogP contribution in [0.2, 0.25) is 0 Å². The van der Waals surface area contributed by atoms with Gasteiger partial charge >= 0.3 is 5.97 Å². The fraction of sp³-hybridized carbons (Fsp3) is 0.400. The van der Waals surface area contributed by atoms with Gasteiger partial charge in [0.15, 0.2) is 11.1 Å². The highest BCUT2D eigenvalue weighted by atomic mass is 32.2. The number of nitrogens with one attached hydrogen (secondary N) is 4. The molecule has 13 heteroatoms. The van der Waals surface area contributed by atoms with E-state index in [4.69, 9.17) is 11.1 Å². The van der Waals surface area contributed by atoms with Crippen molar-refractivity contribution in [1.29, 1.82) is 5.41 Å². The molecule has 33 heavy (non-hydrogen) atoms. The fourth-order valence-corrected chi connectivity index (χ4v) is 5.32. The number of nitrogens with two attached hydrogens (primary N) is 1. The van der Waals surface area contributed by atoms with Crippen LogP contribution in [-0.2, 0) is 14.8 Å². The molecule has 180 valence electrons. The largest absolute Gasteiger partial charge is 0.480 e. The predicted octanol–water partition coefficient (Wildman–Crippen LogP) is 1.72. The first kappa shape index (κ1) is 26.2. The van der Waals surface area contributed by atoms with Crippen molar-refractivity contribution < 1.29 is 23.1 Å². The minimum atomic E-state index is -3.71. The molecule has 0 saturated carbocycles. The number of carbonyl (C=O) groups excluding carboxylic acids is 1. The van der Waals surface area contributed by atoms with Crippen LogP contribution in [0.5, 0.6) is 0 Å². The molecule has 1 unspecified atom stereocenters. The lowest BCUT2D eigenvalue weighted by molar-refractivity contribution is -0.139. The lowest BCUT2D eigenvalue weighted by Gasteiger charge is -2.15. The van der Waals surface area contributed by atoms with E-state index in [1.54, 1.807) is 25.1 Å². The Kier molecular flexibility index (Phi) is 9.32. The molecule has 1 aromatic heterocycles. The Morgan fingerprint density at radius 1 is 1.33 bits per heavy atom. The number of carbonyl (C=O) groups is 2. The number of nitrogens with zero attached hydrogens (tertiary/aromatic N) is 1. The molecule has 0 aliphatic rings. The molecule has 0 spiro atoms. The molecular weight excluding hydrogens is 468 g/mol. The minimum absolute atomic E-state index is 0.0252. The van der Waals surface area contributed by atoms with E-state index in [1.807, 2.05) is 13.0 Å². The molecule has 7 N–H and O–H groups in total. The van der Waals surface area contributed by atoms with E-state index >= 15 is 0 Å². The lowest BCUT2D eigenvalue weighted by Crippen LogP contribution is -2.43.